The molecule has 1 aliphatic carbocycles. The first kappa shape index (κ1) is 20.2. The number of likely N-dealkylation sites (tertiary alicyclic amines) is 1. The van der Waals surface area contributed by atoms with E-state index < -0.39 is 20.5 Å². The van der Waals surface area contributed by atoms with Crippen LogP contribution in [-0.4, -0.2) is 44.0 Å². The highest BCUT2D eigenvalue weighted by atomic mass is 28.4. The van der Waals surface area contributed by atoms with Gasteiger partial charge in [-0.2, -0.15) is 0 Å². The lowest BCUT2D eigenvalue weighted by atomic mass is 9.77. The van der Waals surface area contributed by atoms with Crippen molar-refractivity contribution >= 4 is 20.3 Å². The Labute approximate surface area is 152 Å². The molecule has 0 bridgehead atoms. The number of imide groups is 1. The molecule has 142 valence electrons. The Bertz CT molecular complexity index is 478. The van der Waals surface area contributed by atoms with E-state index in [0.29, 0.717) is 5.92 Å². The maximum Gasteiger partial charge on any atom is 0.417 e. The average Bonchev–Trinajstić information content (AvgIpc) is 2.66. The van der Waals surface area contributed by atoms with Crippen LogP contribution in [0.5, 0.6) is 0 Å². The molecule has 5 nitrogen and oxygen atoms in total. The zero-order valence-electron chi connectivity index (χ0n) is 16.0. The van der Waals surface area contributed by atoms with Crippen LogP contribution < -0.4 is 0 Å². The van der Waals surface area contributed by atoms with E-state index in [1.165, 1.54) is 17.4 Å². The Morgan fingerprint density at radius 3 is 2.32 bits per heavy atom. The Morgan fingerprint density at radius 1 is 1.20 bits per heavy atom. The summed E-state index contributed by atoms with van der Waals surface area (Å²) in [6.07, 6.45) is 6.20. The molecule has 0 aromatic carbocycles. The second-order valence-electron chi connectivity index (χ2n) is 7.24. The number of carbonyl (C=O) groups excluding carboxylic acids is 2. The molecule has 1 saturated heterocycles. The zero-order valence-corrected chi connectivity index (χ0v) is 17.0. The molecule has 2 rings (SSSR count). The number of hydrogen-bond donors (Lipinski definition) is 0. The van der Waals surface area contributed by atoms with Gasteiger partial charge in [-0.25, -0.2) is 9.69 Å². The lowest BCUT2D eigenvalue weighted by Crippen LogP contribution is -2.72. The van der Waals surface area contributed by atoms with E-state index >= 15 is 0 Å². The first-order chi connectivity index (χ1) is 12.0. The van der Waals surface area contributed by atoms with Crippen molar-refractivity contribution in [1.82, 2.24) is 4.90 Å². The van der Waals surface area contributed by atoms with Crippen LogP contribution in [0.4, 0.5) is 4.79 Å². The summed E-state index contributed by atoms with van der Waals surface area (Å²) in [7, 11) is -1.90. The molecule has 6 heteroatoms. The van der Waals surface area contributed by atoms with Crippen molar-refractivity contribution in [2.24, 2.45) is 5.92 Å². The maximum absolute atomic E-state index is 12.7. The largest absolute Gasteiger partial charge is 0.445 e. The molecular weight excluding hydrogens is 334 g/mol. The molecule has 0 N–H and O–H groups in total. The fraction of sp³-hybridized carbons (Fsp3) is 0.789. The Kier molecular flexibility index (Phi) is 7.25. The zero-order chi connectivity index (χ0) is 18.4. The van der Waals surface area contributed by atoms with Crippen LogP contribution in [-0.2, 0) is 14.0 Å². The van der Waals surface area contributed by atoms with E-state index in [9.17, 15) is 9.59 Å². The summed E-state index contributed by atoms with van der Waals surface area (Å²) in [5.41, 5.74) is 0. The molecule has 0 radical (unpaired) electrons. The molecular formula is C19H33NO4Si. The fourth-order valence-electron chi connectivity index (χ4n) is 4.22. The number of hydrogen-bond acceptors (Lipinski definition) is 4. The highest BCUT2D eigenvalue weighted by Crippen LogP contribution is 2.40. The minimum atomic E-state index is -1.90. The van der Waals surface area contributed by atoms with Crippen molar-refractivity contribution in [2.75, 3.05) is 6.61 Å². The van der Waals surface area contributed by atoms with E-state index in [4.69, 9.17) is 9.16 Å². The third-order valence-electron chi connectivity index (χ3n) is 6.05. The molecule has 0 spiro atoms. The van der Waals surface area contributed by atoms with Crippen LogP contribution in [0.25, 0.3) is 0 Å². The highest BCUT2D eigenvalue weighted by molar-refractivity contribution is 6.73. The van der Waals surface area contributed by atoms with Gasteiger partial charge < -0.3 is 9.16 Å². The Balaban J connectivity index is 2.18. The fourth-order valence-corrected chi connectivity index (χ4v) is 7.00. The van der Waals surface area contributed by atoms with Crippen LogP contribution in [0.2, 0.25) is 18.1 Å². The number of β-lactam (4-membered cyclic amide) rings is 1. The second kappa shape index (κ2) is 8.99. The third kappa shape index (κ3) is 4.17. The molecule has 1 aliphatic heterocycles. The monoisotopic (exact) mass is 367 g/mol. The van der Waals surface area contributed by atoms with Crippen LogP contribution >= 0.6 is 0 Å². The highest BCUT2D eigenvalue weighted by Gasteiger charge is 2.57. The van der Waals surface area contributed by atoms with Gasteiger partial charge in [0, 0.05) is 0 Å². The molecule has 25 heavy (non-hydrogen) atoms. The maximum atomic E-state index is 12.7. The quantitative estimate of drug-likeness (QED) is 0.360. The van der Waals surface area contributed by atoms with E-state index in [1.807, 2.05) is 0 Å². The summed E-state index contributed by atoms with van der Waals surface area (Å²) in [6, 6.07) is 2.85. The third-order valence-corrected chi connectivity index (χ3v) is 10.7. The van der Waals surface area contributed by atoms with Gasteiger partial charge in [-0.05, 0) is 36.9 Å². The lowest BCUT2D eigenvalue weighted by Gasteiger charge is -2.51. The van der Waals surface area contributed by atoms with Crippen LogP contribution in [0.3, 0.4) is 0 Å². The van der Waals surface area contributed by atoms with Gasteiger partial charge in [0.2, 0.25) is 0 Å². The molecule has 0 unspecified atom stereocenters. The van der Waals surface area contributed by atoms with Gasteiger partial charge in [0.25, 0.3) is 5.91 Å². The summed E-state index contributed by atoms with van der Waals surface area (Å²) in [5.74, 6) is 0.127. The van der Waals surface area contributed by atoms with Gasteiger partial charge >= 0.3 is 6.09 Å². The van der Waals surface area contributed by atoms with Crippen molar-refractivity contribution in [1.29, 1.82) is 0 Å². The number of nitrogens with zero attached hydrogens (tertiary/aromatic N) is 1. The average molecular weight is 368 g/mol. The Morgan fingerprint density at radius 2 is 1.80 bits per heavy atom. The first-order valence-corrected chi connectivity index (χ1v) is 12.3. The van der Waals surface area contributed by atoms with Gasteiger partial charge in [-0.1, -0.05) is 52.7 Å². The normalized spacial score (nSPS) is 24.8. The van der Waals surface area contributed by atoms with Crippen LogP contribution in [0.1, 0.15) is 52.9 Å². The molecule has 2 atom stereocenters. The SMILES string of the molecule is C=CCOC(=O)N1C(=O)[C@@H](O[Si](CC)(CC)CC)[C@H]1C1CCCCC1. The smallest absolute Gasteiger partial charge is 0.417 e. The van der Waals surface area contributed by atoms with E-state index in [2.05, 4.69) is 27.4 Å². The Hall–Kier alpha value is -1.14. The van der Waals surface area contributed by atoms with Crippen molar-refractivity contribution in [3.05, 3.63) is 12.7 Å². The van der Waals surface area contributed by atoms with Crippen molar-refractivity contribution in [3.63, 3.8) is 0 Å². The van der Waals surface area contributed by atoms with Crippen molar-refractivity contribution in [2.45, 2.75) is 83.2 Å². The molecule has 2 amide bonds. The molecule has 2 aliphatic rings. The topological polar surface area (TPSA) is 55.8 Å². The second-order valence-corrected chi connectivity index (χ2v) is 12.0. The summed E-state index contributed by atoms with van der Waals surface area (Å²) < 4.78 is 11.7. The predicted octanol–water partition coefficient (Wildman–Crippen LogP) is 4.49. The standard InChI is InChI=1S/C19H33NO4Si/c1-5-14-23-19(22)20-16(15-12-10-9-11-13-15)17(18(20)21)24-25(6-2,7-3)8-4/h5,15-17H,1,6-14H2,2-4H3/t16-,17+/m1/s1. The predicted molar refractivity (Wildman–Crippen MR) is 101 cm³/mol. The van der Waals surface area contributed by atoms with Gasteiger partial charge in [-0.3, -0.25) is 4.79 Å². The summed E-state index contributed by atoms with van der Waals surface area (Å²) in [5, 5.41) is 0. The van der Waals surface area contributed by atoms with Crippen molar-refractivity contribution < 1.29 is 18.8 Å². The van der Waals surface area contributed by atoms with Crippen molar-refractivity contribution in [3.8, 4) is 0 Å². The first-order valence-electron chi connectivity index (χ1n) is 9.82. The van der Waals surface area contributed by atoms with Gasteiger partial charge in [-0.15, -0.1) is 0 Å². The van der Waals surface area contributed by atoms with Crippen LogP contribution in [0, 0.1) is 5.92 Å². The number of ether oxygens (including phenoxy) is 1. The lowest BCUT2D eigenvalue weighted by molar-refractivity contribution is -0.165. The number of rotatable bonds is 8. The molecule has 0 aromatic heterocycles. The molecule has 1 heterocycles. The van der Waals surface area contributed by atoms with Crippen LogP contribution in [0.15, 0.2) is 12.7 Å². The molecule has 2 fully saturated rings. The number of amides is 2. The van der Waals surface area contributed by atoms with Gasteiger partial charge in [0.1, 0.15) is 12.7 Å². The van der Waals surface area contributed by atoms with E-state index in [1.54, 1.807) is 0 Å². The summed E-state index contributed by atoms with van der Waals surface area (Å²) >= 11 is 0. The van der Waals surface area contributed by atoms with Gasteiger partial charge in [0.05, 0.1) is 6.04 Å². The van der Waals surface area contributed by atoms with E-state index in [-0.39, 0.29) is 18.6 Å². The van der Waals surface area contributed by atoms with Gasteiger partial charge in [0.15, 0.2) is 8.32 Å². The molecule has 1 saturated carbocycles. The number of carbonyl (C=O) groups is 2. The van der Waals surface area contributed by atoms with E-state index in [0.717, 1.165) is 43.8 Å². The minimum Gasteiger partial charge on any atom is -0.445 e. The summed E-state index contributed by atoms with van der Waals surface area (Å²) in [6.45, 7) is 10.2. The molecule has 0 aromatic rings. The summed E-state index contributed by atoms with van der Waals surface area (Å²) in [4.78, 5) is 26.4. The minimum absolute atomic E-state index is 0.128.